The molecule has 8 nitrogen and oxygen atoms in total. The first kappa shape index (κ1) is 23.8. The van der Waals surface area contributed by atoms with Crippen molar-refractivity contribution in [2.45, 2.75) is 31.2 Å². The molecule has 2 aromatic rings. The number of carbonyl (C=O) groups is 3. The molecule has 2 aliphatic rings. The number of ether oxygens (including phenoxy) is 1. The molecule has 0 aliphatic heterocycles. The molecular formula is C26H31N3O5. The van der Waals surface area contributed by atoms with Gasteiger partial charge in [-0.05, 0) is 49.2 Å². The Morgan fingerprint density at radius 1 is 1.06 bits per heavy atom. The summed E-state index contributed by atoms with van der Waals surface area (Å²) in [4.78, 5) is 38.8. The largest absolute Gasteiger partial charge is 0.481 e. The van der Waals surface area contributed by atoms with Crippen molar-refractivity contribution in [3.8, 4) is 11.1 Å². The lowest BCUT2D eigenvalue weighted by Gasteiger charge is -2.38. The smallest absolute Gasteiger partial charge is 0.407 e. The number of carbonyl (C=O) groups excluding carboxylic acids is 2. The molecule has 1 unspecified atom stereocenters. The van der Waals surface area contributed by atoms with Crippen molar-refractivity contribution in [3.63, 3.8) is 0 Å². The van der Waals surface area contributed by atoms with E-state index in [0.717, 1.165) is 28.7 Å². The molecule has 1 atom stereocenters. The Bertz CT molecular complexity index is 1030. The summed E-state index contributed by atoms with van der Waals surface area (Å²) in [5, 5.41) is 14.9. The van der Waals surface area contributed by atoms with Crippen LogP contribution in [0.4, 0.5) is 4.79 Å². The summed E-state index contributed by atoms with van der Waals surface area (Å²) >= 11 is 0. The predicted octanol–water partition coefficient (Wildman–Crippen LogP) is 2.83. The van der Waals surface area contributed by atoms with Gasteiger partial charge in [-0.2, -0.15) is 0 Å². The van der Waals surface area contributed by atoms with Gasteiger partial charge < -0.3 is 25.4 Å². The van der Waals surface area contributed by atoms with E-state index < -0.39 is 29.4 Å². The molecule has 2 aliphatic carbocycles. The third-order valence-corrected chi connectivity index (χ3v) is 6.87. The minimum absolute atomic E-state index is 0.0530. The van der Waals surface area contributed by atoms with Gasteiger partial charge in [0.1, 0.15) is 12.6 Å². The second-order valence-electron chi connectivity index (χ2n) is 9.44. The molecule has 0 saturated heterocycles. The number of hydrogen-bond donors (Lipinski definition) is 3. The topological polar surface area (TPSA) is 108 Å². The van der Waals surface area contributed by atoms with E-state index in [-0.39, 0.29) is 25.6 Å². The molecule has 1 saturated carbocycles. The SMILES string of the molecule is CN(C)CC(NC(=O)OCC1c2ccccc2-c2ccccc21)C(=O)NCC1(C(=O)O)CCC1. The number of carboxylic acids is 1. The molecule has 2 aromatic carbocycles. The summed E-state index contributed by atoms with van der Waals surface area (Å²) < 4.78 is 5.58. The molecule has 180 valence electrons. The van der Waals surface area contributed by atoms with Gasteiger partial charge in [0.15, 0.2) is 0 Å². The van der Waals surface area contributed by atoms with Crippen LogP contribution in [0.25, 0.3) is 11.1 Å². The molecule has 8 heteroatoms. The third kappa shape index (κ3) is 4.77. The number of nitrogens with zero attached hydrogens (tertiary/aromatic N) is 1. The molecular weight excluding hydrogens is 434 g/mol. The van der Waals surface area contributed by atoms with Gasteiger partial charge in [-0.25, -0.2) is 4.79 Å². The Morgan fingerprint density at radius 3 is 2.15 bits per heavy atom. The van der Waals surface area contributed by atoms with E-state index in [9.17, 15) is 19.5 Å². The summed E-state index contributed by atoms with van der Waals surface area (Å²) in [6.07, 6.45) is 1.24. The maximum atomic E-state index is 12.8. The van der Waals surface area contributed by atoms with Crippen LogP contribution in [0.15, 0.2) is 48.5 Å². The van der Waals surface area contributed by atoms with Gasteiger partial charge in [-0.3, -0.25) is 9.59 Å². The van der Waals surface area contributed by atoms with E-state index in [4.69, 9.17) is 4.74 Å². The van der Waals surface area contributed by atoms with E-state index in [1.165, 1.54) is 0 Å². The van der Waals surface area contributed by atoms with Crippen molar-refractivity contribution in [2.24, 2.45) is 5.41 Å². The lowest BCUT2D eigenvalue weighted by atomic mass is 9.69. The van der Waals surface area contributed by atoms with Gasteiger partial charge in [0.05, 0.1) is 5.41 Å². The summed E-state index contributed by atoms with van der Waals surface area (Å²) in [6.45, 7) is 0.464. The summed E-state index contributed by atoms with van der Waals surface area (Å²) in [6, 6.07) is 15.3. The fourth-order valence-electron chi connectivity index (χ4n) is 4.79. The molecule has 0 heterocycles. The van der Waals surface area contributed by atoms with Crippen molar-refractivity contribution in [1.29, 1.82) is 0 Å². The lowest BCUT2D eigenvalue weighted by Crippen LogP contribution is -2.55. The highest BCUT2D eigenvalue weighted by Gasteiger charge is 2.44. The van der Waals surface area contributed by atoms with Gasteiger partial charge in [0.2, 0.25) is 5.91 Å². The highest BCUT2D eigenvalue weighted by Crippen LogP contribution is 2.44. The molecule has 0 aromatic heterocycles. The molecule has 3 N–H and O–H groups in total. The monoisotopic (exact) mass is 465 g/mol. The fraction of sp³-hybridized carbons (Fsp3) is 0.423. The van der Waals surface area contributed by atoms with Crippen molar-refractivity contribution < 1.29 is 24.2 Å². The van der Waals surface area contributed by atoms with Crippen LogP contribution in [0, 0.1) is 5.41 Å². The maximum absolute atomic E-state index is 12.8. The molecule has 1 fully saturated rings. The minimum Gasteiger partial charge on any atom is -0.481 e. The summed E-state index contributed by atoms with van der Waals surface area (Å²) in [5.41, 5.74) is 3.60. The predicted molar refractivity (Wildman–Crippen MR) is 127 cm³/mol. The molecule has 34 heavy (non-hydrogen) atoms. The number of amides is 2. The minimum atomic E-state index is -0.901. The molecule has 4 rings (SSSR count). The first-order valence-corrected chi connectivity index (χ1v) is 11.6. The number of benzene rings is 2. The number of rotatable bonds is 9. The van der Waals surface area contributed by atoms with Crippen LogP contribution in [0.2, 0.25) is 0 Å². The second-order valence-corrected chi connectivity index (χ2v) is 9.44. The van der Waals surface area contributed by atoms with Crippen LogP contribution in [-0.2, 0) is 14.3 Å². The van der Waals surface area contributed by atoms with E-state index in [1.807, 2.05) is 36.4 Å². The Hall–Kier alpha value is -3.39. The first-order valence-electron chi connectivity index (χ1n) is 11.6. The second kappa shape index (κ2) is 9.85. The Kier molecular flexibility index (Phi) is 6.88. The zero-order chi connectivity index (χ0) is 24.3. The number of likely N-dealkylation sites (N-methyl/N-ethyl adjacent to an activating group) is 1. The zero-order valence-electron chi connectivity index (χ0n) is 19.5. The van der Waals surface area contributed by atoms with Gasteiger partial charge >= 0.3 is 12.1 Å². The number of hydrogen-bond acceptors (Lipinski definition) is 5. The Morgan fingerprint density at radius 2 is 1.65 bits per heavy atom. The van der Waals surface area contributed by atoms with Crippen LogP contribution >= 0.6 is 0 Å². The number of nitrogens with one attached hydrogen (secondary N) is 2. The molecule has 0 bridgehead atoms. The van der Waals surface area contributed by atoms with Crippen LogP contribution in [-0.4, -0.2) is 67.8 Å². The normalized spacial score (nSPS) is 16.7. The standard InChI is InChI=1S/C26H31N3O5/c1-29(2)14-22(23(30)27-16-26(24(31)32)12-7-13-26)28-25(33)34-15-21-19-10-5-3-8-17(19)18-9-4-6-11-20(18)21/h3-6,8-11,21-22H,7,12-16H2,1-2H3,(H,27,30)(H,28,33)(H,31,32). The van der Waals surface area contributed by atoms with Gasteiger partial charge in [0, 0.05) is 19.0 Å². The zero-order valence-corrected chi connectivity index (χ0v) is 19.5. The highest BCUT2D eigenvalue weighted by molar-refractivity contribution is 5.87. The van der Waals surface area contributed by atoms with Gasteiger partial charge in [0.25, 0.3) is 0 Å². The average molecular weight is 466 g/mol. The van der Waals surface area contributed by atoms with Crippen molar-refractivity contribution in [2.75, 3.05) is 33.8 Å². The van der Waals surface area contributed by atoms with E-state index in [2.05, 4.69) is 22.8 Å². The molecule has 0 spiro atoms. The van der Waals surface area contributed by atoms with Crippen LogP contribution < -0.4 is 10.6 Å². The molecule has 0 radical (unpaired) electrons. The maximum Gasteiger partial charge on any atom is 0.407 e. The molecule has 2 amide bonds. The van der Waals surface area contributed by atoms with Crippen LogP contribution in [0.3, 0.4) is 0 Å². The number of aliphatic carboxylic acids is 1. The van der Waals surface area contributed by atoms with Crippen molar-refractivity contribution in [3.05, 3.63) is 59.7 Å². The van der Waals surface area contributed by atoms with Crippen molar-refractivity contribution >= 4 is 18.0 Å². The van der Waals surface area contributed by atoms with Crippen molar-refractivity contribution in [1.82, 2.24) is 15.5 Å². The summed E-state index contributed by atoms with van der Waals surface area (Å²) in [5.74, 6) is -1.39. The fourth-order valence-corrected chi connectivity index (χ4v) is 4.79. The van der Waals surface area contributed by atoms with E-state index in [1.54, 1.807) is 19.0 Å². The first-order chi connectivity index (χ1) is 16.3. The van der Waals surface area contributed by atoms with Gasteiger partial charge in [-0.1, -0.05) is 55.0 Å². The number of alkyl carbamates (subject to hydrolysis) is 1. The van der Waals surface area contributed by atoms with Crippen LogP contribution in [0.1, 0.15) is 36.3 Å². The van der Waals surface area contributed by atoms with E-state index >= 15 is 0 Å². The van der Waals surface area contributed by atoms with Gasteiger partial charge in [-0.15, -0.1) is 0 Å². The average Bonchev–Trinajstić information content (AvgIpc) is 3.09. The van der Waals surface area contributed by atoms with E-state index in [0.29, 0.717) is 12.8 Å². The lowest BCUT2D eigenvalue weighted by molar-refractivity contribution is -0.154. The quantitative estimate of drug-likeness (QED) is 0.526. The number of fused-ring (bicyclic) bond motifs is 3. The highest BCUT2D eigenvalue weighted by atomic mass is 16.5. The third-order valence-electron chi connectivity index (χ3n) is 6.87. The summed E-state index contributed by atoms with van der Waals surface area (Å²) in [7, 11) is 3.59. The number of carboxylic acid groups (broad SMARTS) is 1. The van der Waals surface area contributed by atoms with Crippen LogP contribution in [0.5, 0.6) is 0 Å². The Balaban J connectivity index is 1.38. The Labute approximate surface area is 199 Å².